The third-order valence-electron chi connectivity index (χ3n) is 12.6. The van der Waals surface area contributed by atoms with E-state index in [-0.39, 0.29) is 51.6 Å². The van der Waals surface area contributed by atoms with Gasteiger partial charge in [-0.25, -0.2) is 4.79 Å². The number of carbonyl (C=O) groups is 9. The summed E-state index contributed by atoms with van der Waals surface area (Å²) in [5.41, 5.74) is 12.8. The Morgan fingerprint density at radius 1 is 0.652 bits per heavy atom. The summed E-state index contributed by atoms with van der Waals surface area (Å²) in [6, 6.07) is 7.87. The predicted molar refractivity (Wildman–Crippen MR) is 251 cm³/mol. The van der Waals surface area contributed by atoms with Crippen molar-refractivity contribution in [1.82, 2.24) is 36.4 Å². The van der Waals surface area contributed by atoms with E-state index < -0.39 is 121 Å². The molecule has 378 valence electrons. The molecule has 0 spiro atoms. The lowest BCUT2D eigenvalue weighted by Crippen LogP contribution is -2.60. The average molecular weight is 964 g/mol. The van der Waals surface area contributed by atoms with E-state index in [1.807, 2.05) is 6.92 Å². The zero-order valence-electron chi connectivity index (χ0n) is 39.3. The third-order valence-corrected chi connectivity index (χ3v) is 12.6. The van der Waals surface area contributed by atoms with Crippen molar-refractivity contribution in [2.45, 2.75) is 139 Å². The molecule has 21 heteroatoms. The lowest BCUT2D eigenvalue weighted by Gasteiger charge is -2.33. The highest BCUT2D eigenvalue weighted by Gasteiger charge is 2.43. The van der Waals surface area contributed by atoms with Gasteiger partial charge in [-0.2, -0.15) is 0 Å². The largest absolute Gasteiger partial charge is 0.481 e. The highest BCUT2D eigenvalue weighted by molar-refractivity contribution is 5.98. The van der Waals surface area contributed by atoms with Gasteiger partial charge in [-0.3, -0.25) is 38.4 Å². The molecule has 69 heavy (non-hydrogen) atoms. The number of amides is 7. The third kappa shape index (κ3) is 16.3. The van der Waals surface area contributed by atoms with Gasteiger partial charge >= 0.3 is 11.9 Å². The van der Waals surface area contributed by atoms with Gasteiger partial charge in [-0.15, -0.1) is 0 Å². The van der Waals surface area contributed by atoms with E-state index in [0.717, 1.165) is 0 Å². The van der Waals surface area contributed by atoms with Crippen LogP contribution in [0.15, 0.2) is 60.7 Å². The summed E-state index contributed by atoms with van der Waals surface area (Å²) in [6.07, 6.45) is 1.95. The van der Waals surface area contributed by atoms with E-state index >= 15 is 0 Å². The maximum atomic E-state index is 14.5. The second kappa shape index (κ2) is 27.5. The van der Waals surface area contributed by atoms with E-state index in [0.29, 0.717) is 49.8 Å². The maximum Gasteiger partial charge on any atom is 0.326 e. The minimum Gasteiger partial charge on any atom is -0.481 e. The summed E-state index contributed by atoms with van der Waals surface area (Å²) in [4.78, 5) is 124. The molecule has 0 radical (unpaired) electrons. The number of hydrogen-bond acceptors (Lipinski definition) is 12. The van der Waals surface area contributed by atoms with Gasteiger partial charge in [0, 0.05) is 32.4 Å². The van der Waals surface area contributed by atoms with Crippen LogP contribution in [0.25, 0.3) is 0 Å². The van der Waals surface area contributed by atoms with E-state index in [1.165, 1.54) is 9.80 Å². The van der Waals surface area contributed by atoms with E-state index in [2.05, 4.69) is 26.6 Å². The quantitative estimate of drug-likeness (QED) is 0.0497. The van der Waals surface area contributed by atoms with Crippen LogP contribution in [0.3, 0.4) is 0 Å². The van der Waals surface area contributed by atoms with Gasteiger partial charge in [0.2, 0.25) is 41.4 Å². The molecule has 2 saturated heterocycles. The molecule has 2 aliphatic rings. The first-order chi connectivity index (χ1) is 33.0. The smallest absolute Gasteiger partial charge is 0.326 e. The molecule has 7 amide bonds. The number of nitrogens with one attached hydrogen (secondary N) is 5. The monoisotopic (exact) mass is 964 g/mol. The summed E-state index contributed by atoms with van der Waals surface area (Å²) >= 11 is 0. The molecule has 0 unspecified atom stereocenters. The van der Waals surface area contributed by atoms with Crippen molar-refractivity contribution in [3.05, 3.63) is 71.8 Å². The summed E-state index contributed by atoms with van der Waals surface area (Å²) < 4.78 is 0. The van der Waals surface area contributed by atoms with Crippen molar-refractivity contribution < 1.29 is 58.5 Å². The number of unbranched alkanes of at least 4 members (excludes halogenated alkanes) is 1. The number of nitrogens with zero attached hydrogens (tertiary/aromatic N) is 2. The van der Waals surface area contributed by atoms with Crippen LogP contribution in [0.2, 0.25) is 0 Å². The van der Waals surface area contributed by atoms with Gasteiger partial charge in [-0.1, -0.05) is 80.9 Å². The number of carboxylic acids is 2. The number of likely N-dealkylation sites (tertiary alicyclic amines) is 2. The molecule has 0 bridgehead atoms. The number of rotatable bonds is 27. The van der Waals surface area contributed by atoms with Crippen molar-refractivity contribution in [2.75, 3.05) is 26.2 Å². The van der Waals surface area contributed by atoms with Crippen LogP contribution in [0.4, 0.5) is 0 Å². The topological polar surface area (TPSA) is 333 Å². The average Bonchev–Trinajstić information content (AvgIpc) is 4.05. The molecule has 0 saturated carbocycles. The number of aliphatic carboxylic acids is 2. The minimum atomic E-state index is -1.38. The predicted octanol–water partition coefficient (Wildman–Crippen LogP) is -0.678. The Hall–Kier alpha value is -6.45. The Morgan fingerprint density at radius 2 is 1.14 bits per heavy atom. The van der Waals surface area contributed by atoms with Crippen LogP contribution < -0.4 is 38.1 Å². The molecule has 2 aromatic carbocycles. The fraction of sp³-hybridized carbons (Fsp3) is 0.562. The number of hydrogen-bond donors (Lipinski definition) is 10. The number of aliphatic hydroxyl groups is 1. The van der Waals surface area contributed by atoms with Gasteiger partial charge in [0.05, 0.1) is 6.61 Å². The number of nitrogens with two attached hydrogens (primary N) is 2. The normalized spacial score (nSPS) is 18.6. The number of benzene rings is 2. The fourth-order valence-electron chi connectivity index (χ4n) is 8.51. The molecule has 0 aromatic heterocycles. The van der Waals surface area contributed by atoms with Crippen molar-refractivity contribution in [3.8, 4) is 0 Å². The minimum absolute atomic E-state index is 0.00735. The van der Waals surface area contributed by atoms with Gasteiger partial charge in [-0.05, 0) is 75.0 Å². The van der Waals surface area contributed by atoms with Gasteiger partial charge in [0.1, 0.15) is 48.3 Å². The molecule has 21 nitrogen and oxygen atoms in total. The molecule has 2 aromatic rings. The molecule has 0 aliphatic carbocycles. The second-order valence-corrected chi connectivity index (χ2v) is 17.7. The molecule has 12 N–H and O–H groups in total. The summed E-state index contributed by atoms with van der Waals surface area (Å²) in [7, 11) is 0. The van der Waals surface area contributed by atoms with Crippen LogP contribution in [-0.2, 0) is 56.0 Å². The van der Waals surface area contributed by atoms with E-state index in [4.69, 9.17) is 11.5 Å². The van der Waals surface area contributed by atoms with E-state index in [9.17, 15) is 58.5 Å². The molecular weight excluding hydrogens is 895 g/mol. The first-order valence-corrected chi connectivity index (χ1v) is 23.7. The van der Waals surface area contributed by atoms with Gasteiger partial charge < -0.3 is 63.2 Å². The molecule has 2 aliphatic heterocycles. The lowest BCUT2D eigenvalue weighted by atomic mass is 9.96. The number of carboxylic acid groups (broad SMARTS) is 2. The van der Waals surface area contributed by atoms with Crippen molar-refractivity contribution in [2.24, 2.45) is 17.4 Å². The first-order valence-electron chi connectivity index (χ1n) is 23.7. The molecular formula is C48H69N9O12. The van der Waals surface area contributed by atoms with Crippen LogP contribution in [0.1, 0.15) is 89.2 Å². The molecule has 2 fully saturated rings. The summed E-state index contributed by atoms with van der Waals surface area (Å²) in [6.45, 7) is 3.41. The standard InChI is InChI=1S/C48H69N9O12/c1-3-29(2)40(45(65)53-35(26-30-14-6-4-7-15-30)42(62)54-36(48(68)69)27-31-16-8-5-9-17-31)55-44(64)38-20-13-25-57(38)46(66)33(18-10-11-23-49)52-43(63)37-19-12-24-56(37)47(67)34(21-22-39(59)60)51-41(61)32(50)28-58/h4-9,14-17,29,32-38,40,58H,3,10-13,18-28,49-50H2,1-2H3,(H,51,61)(H,52,63)(H,53,65)(H,54,62)(H,55,64)(H,59,60)(H,68,69)/t29-,32-,33-,34-,35-,36-,37-,38-,40-/m0/s1. The van der Waals surface area contributed by atoms with Crippen LogP contribution in [0, 0.1) is 5.92 Å². The van der Waals surface area contributed by atoms with Crippen LogP contribution in [0.5, 0.6) is 0 Å². The Morgan fingerprint density at radius 3 is 1.64 bits per heavy atom. The first kappa shape index (κ1) is 55.1. The fourth-order valence-corrected chi connectivity index (χ4v) is 8.51. The highest BCUT2D eigenvalue weighted by atomic mass is 16.4. The van der Waals surface area contributed by atoms with Gasteiger partial charge in [0.15, 0.2) is 0 Å². The molecule has 4 rings (SSSR count). The number of carbonyl (C=O) groups excluding carboxylic acids is 7. The lowest BCUT2D eigenvalue weighted by molar-refractivity contribution is -0.145. The van der Waals surface area contributed by atoms with Crippen molar-refractivity contribution in [1.29, 1.82) is 0 Å². The summed E-state index contributed by atoms with van der Waals surface area (Å²) in [5, 5.41) is 42.1. The molecule has 9 atom stereocenters. The summed E-state index contributed by atoms with van der Waals surface area (Å²) in [5.74, 6) is -7.85. The van der Waals surface area contributed by atoms with Crippen molar-refractivity contribution in [3.63, 3.8) is 0 Å². The maximum absolute atomic E-state index is 14.5. The molecule has 2 heterocycles. The van der Waals surface area contributed by atoms with E-state index in [1.54, 1.807) is 67.6 Å². The zero-order chi connectivity index (χ0) is 50.6. The highest BCUT2D eigenvalue weighted by Crippen LogP contribution is 2.24. The second-order valence-electron chi connectivity index (χ2n) is 17.7. The zero-order valence-corrected chi connectivity index (χ0v) is 39.3. The van der Waals surface area contributed by atoms with Crippen LogP contribution >= 0.6 is 0 Å². The van der Waals surface area contributed by atoms with Crippen LogP contribution in [-0.4, -0.2) is 153 Å². The number of aliphatic hydroxyl groups excluding tert-OH is 1. The van der Waals surface area contributed by atoms with Gasteiger partial charge in [0.25, 0.3) is 0 Å². The van der Waals surface area contributed by atoms with Crippen molar-refractivity contribution >= 4 is 53.3 Å². The Balaban J connectivity index is 1.52. The Labute approximate surface area is 401 Å². The Kier molecular flexibility index (Phi) is 22.0. The SMILES string of the molecule is CC[C@H](C)[C@H](NC(=O)[C@@H]1CCCN1C(=O)[C@H](CCCCN)NC(=O)[C@@H]1CCCN1C(=O)[C@H](CCC(=O)O)NC(=O)[C@@H](N)CO)C(=O)N[C@@H](Cc1ccccc1)C(=O)N[C@@H](Cc1ccccc1)C(=O)O. The Bertz CT molecular complexity index is 2080.